The third-order valence-electron chi connectivity index (χ3n) is 3.83. The molecule has 1 aliphatic rings. The van der Waals surface area contributed by atoms with Crippen molar-refractivity contribution in [2.24, 2.45) is 12.5 Å². The van der Waals surface area contributed by atoms with Gasteiger partial charge in [-0.15, -0.1) is 0 Å². The molecule has 1 aromatic rings. The molecule has 18 heavy (non-hydrogen) atoms. The molecule has 4 nitrogen and oxygen atoms in total. The SMILES string of the molecule is Cn1cc(Br)cc1C(=O)NCC1(CO)CCCC1. The van der Waals surface area contributed by atoms with E-state index in [-0.39, 0.29) is 17.9 Å². The van der Waals surface area contributed by atoms with Gasteiger partial charge >= 0.3 is 0 Å². The van der Waals surface area contributed by atoms with Crippen molar-refractivity contribution in [3.63, 3.8) is 0 Å². The summed E-state index contributed by atoms with van der Waals surface area (Å²) in [5, 5.41) is 12.4. The molecule has 0 unspecified atom stereocenters. The quantitative estimate of drug-likeness (QED) is 0.894. The van der Waals surface area contributed by atoms with E-state index in [1.54, 1.807) is 10.6 Å². The van der Waals surface area contributed by atoms with Crippen molar-refractivity contribution in [2.45, 2.75) is 25.7 Å². The molecule has 2 rings (SSSR count). The molecule has 1 aromatic heterocycles. The summed E-state index contributed by atoms with van der Waals surface area (Å²) < 4.78 is 2.69. The summed E-state index contributed by atoms with van der Waals surface area (Å²) in [5.74, 6) is -0.0806. The number of nitrogens with zero attached hydrogens (tertiary/aromatic N) is 1. The van der Waals surface area contributed by atoms with Crippen molar-refractivity contribution < 1.29 is 9.90 Å². The Morgan fingerprint density at radius 3 is 2.72 bits per heavy atom. The molecule has 1 amide bonds. The van der Waals surface area contributed by atoms with Crippen LogP contribution < -0.4 is 5.32 Å². The molecule has 0 spiro atoms. The van der Waals surface area contributed by atoms with Crippen LogP contribution in [0.4, 0.5) is 0 Å². The average molecular weight is 315 g/mol. The highest BCUT2D eigenvalue weighted by Gasteiger charge is 2.33. The maximum absolute atomic E-state index is 12.1. The third kappa shape index (κ3) is 2.78. The van der Waals surface area contributed by atoms with E-state index in [0.29, 0.717) is 12.2 Å². The molecular formula is C13H19BrN2O2. The van der Waals surface area contributed by atoms with Crippen LogP contribution in [0.2, 0.25) is 0 Å². The number of aliphatic hydroxyl groups excluding tert-OH is 1. The van der Waals surface area contributed by atoms with Crippen LogP contribution in [0.25, 0.3) is 0 Å². The van der Waals surface area contributed by atoms with Gasteiger partial charge in [-0.2, -0.15) is 0 Å². The summed E-state index contributed by atoms with van der Waals surface area (Å²) in [6.45, 7) is 0.718. The van der Waals surface area contributed by atoms with Gasteiger partial charge in [0.2, 0.25) is 0 Å². The average Bonchev–Trinajstić information content (AvgIpc) is 2.94. The molecule has 0 radical (unpaired) electrons. The molecule has 1 aliphatic carbocycles. The van der Waals surface area contributed by atoms with E-state index in [1.165, 1.54) is 0 Å². The maximum atomic E-state index is 12.1. The fraction of sp³-hybridized carbons (Fsp3) is 0.615. The normalized spacial score (nSPS) is 17.9. The molecule has 0 bridgehead atoms. The highest BCUT2D eigenvalue weighted by Crippen LogP contribution is 2.36. The van der Waals surface area contributed by atoms with Gasteiger partial charge in [0.05, 0.1) is 6.61 Å². The minimum atomic E-state index is -0.0992. The molecule has 0 saturated heterocycles. The maximum Gasteiger partial charge on any atom is 0.267 e. The van der Waals surface area contributed by atoms with E-state index in [9.17, 15) is 9.90 Å². The highest BCUT2D eigenvalue weighted by atomic mass is 79.9. The highest BCUT2D eigenvalue weighted by molar-refractivity contribution is 9.10. The van der Waals surface area contributed by atoms with Crippen molar-refractivity contribution in [1.82, 2.24) is 9.88 Å². The molecule has 100 valence electrons. The molecule has 1 fully saturated rings. The number of amides is 1. The van der Waals surface area contributed by atoms with Crippen molar-refractivity contribution in [1.29, 1.82) is 0 Å². The first-order valence-electron chi connectivity index (χ1n) is 6.27. The number of aliphatic hydroxyl groups is 1. The fourth-order valence-corrected chi connectivity index (χ4v) is 3.15. The zero-order valence-electron chi connectivity index (χ0n) is 10.6. The summed E-state index contributed by atoms with van der Waals surface area (Å²) in [6, 6.07) is 1.80. The second-order valence-corrected chi connectivity index (χ2v) is 6.12. The smallest absolute Gasteiger partial charge is 0.267 e. The van der Waals surface area contributed by atoms with Crippen molar-refractivity contribution in [2.75, 3.05) is 13.2 Å². The Kier molecular flexibility index (Phi) is 4.12. The topological polar surface area (TPSA) is 54.3 Å². The summed E-state index contributed by atoms with van der Waals surface area (Å²) in [5.41, 5.74) is 0.533. The largest absolute Gasteiger partial charge is 0.396 e. The second kappa shape index (κ2) is 5.45. The first-order valence-corrected chi connectivity index (χ1v) is 7.07. The predicted molar refractivity (Wildman–Crippen MR) is 73.4 cm³/mol. The summed E-state index contributed by atoms with van der Waals surface area (Å²) in [7, 11) is 1.84. The van der Waals surface area contributed by atoms with Crippen molar-refractivity contribution >= 4 is 21.8 Å². The van der Waals surface area contributed by atoms with Gasteiger partial charge in [0.15, 0.2) is 0 Å². The molecule has 1 heterocycles. The number of halogens is 1. The lowest BCUT2D eigenvalue weighted by Crippen LogP contribution is -2.38. The zero-order valence-corrected chi connectivity index (χ0v) is 12.2. The molecule has 0 aliphatic heterocycles. The minimum absolute atomic E-state index is 0.0806. The number of carbonyl (C=O) groups is 1. The van der Waals surface area contributed by atoms with E-state index >= 15 is 0 Å². The van der Waals surface area contributed by atoms with Crippen LogP contribution in [-0.2, 0) is 7.05 Å². The summed E-state index contributed by atoms with van der Waals surface area (Å²) >= 11 is 3.35. The Bertz CT molecular complexity index is 436. The third-order valence-corrected chi connectivity index (χ3v) is 4.26. The lowest BCUT2D eigenvalue weighted by molar-refractivity contribution is 0.0873. The number of aryl methyl sites for hydroxylation is 1. The van der Waals surface area contributed by atoms with E-state index < -0.39 is 0 Å². The predicted octanol–water partition coefficient (Wildman–Crippen LogP) is 2.07. The molecule has 5 heteroatoms. The van der Waals surface area contributed by atoms with Crippen LogP contribution in [0.1, 0.15) is 36.2 Å². The summed E-state index contributed by atoms with van der Waals surface area (Å²) in [6.07, 6.45) is 6.14. The van der Waals surface area contributed by atoms with Gasteiger partial charge in [-0.1, -0.05) is 12.8 Å². The lowest BCUT2D eigenvalue weighted by Gasteiger charge is -2.26. The molecule has 1 saturated carbocycles. The lowest BCUT2D eigenvalue weighted by atomic mass is 9.87. The van der Waals surface area contributed by atoms with Gasteiger partial charge in [0.1, 0.15) is 5.69 Å². The first-order chi connectivity index (χ1) is 8.56. The Hall–Kier alpha value is -0.810. The number of hydrogen-bond acceptors (Lipinski definition) is 2. The standard InChI is InChI=1S/C13H19BrN2O2/c1-16-7-10(14)6-11(16)12(18)15-8-13(9-17)4-2-3-5-13/h6-7,17H,2-5,8-9H2,1H3,(H,15,18). The Balaban J connectivity index is 1.98. The van der Waals surface area contributed by atoms with E-state index in [2.05, 4.69) is 21.2 Å². The first kappa shape index (κ1) is 13.6. The van der Waals surface area contributed by atoms with E-state index in [1.807, 2.05) is 13.2 Å². The number of carbonyl (C=O) groups excluding carboxylic acids is 1. The van der Waals surface area contributed by atoms with Gasteiger partial charge in [0.25, 0.3) is 5.91 Å². The molecular weight excluding hydrogens is 296 g/mol. The van der Waals surface area contributed by atoms with Crippen LogP contribution in [0.3, 0.4) is 0 Å². The van der Waals surface area contributed by atoms with Gasteiger partial charge in [-0.05, 0) is 34.8 Å². The number of nitrogens with one attached hydrogen (secondary N) is 1. The second-order valence-electron chi connectivity index (χ2n) is 5.20. The van der Waals surface area contributed by atoms with Crippen LogP contribution >= 0.6 is 15.9 Å². The summed E-state index contributed by atoms with van der Waals surface area (Å²) in [4.78, 5) is 12.1. The minimum Gasteiger partial charge on any atom is -0.396 e. The van der Waals surface area contributed by atoms with Gasteiger partial charge in [-0.25, -0.2) is 0 Å². The van der Waals surface area contributed by atoms with Gasteiger partial charge in [-0.3, -0.25) is 4.79 Å². The molecule has 2 N–H and O–H groups in total. The van der Waals surface area contributed by atoms with E-state index in [4.69, 9.17) is 0 Å². The molecule has 0 aromatic carbocycles. The van der Waals surface area contributed by atoms with Crippen molar-refractivity contribution in [3.05, 3.63) is 22.4 Å². The monoisotopic (exact) mass is 314 g/mol. The van der Waals surface area contributed by atoms with Crippen LogP contribution in [0.5, 0.6) is 0 Å². The van der Waals surface area contributed by atoms with Crippen LogP contribution in [0.15, 0.2) is 16.7 Å². The number of aromatic nitrogens is 1. The van der Waals surface area contributed by atoms with Crippen LogP contribution in [-0.4, -0.2) is 28.7 Å². The Morgan fingerprint density at radius 1 is 1.56 bits per heavy atom. The number of rotatable bonds is 4. The van der Waals surface area contributed by atoms with Gasteiger partial charge in [0, 0.05) is 29.7 Å². The van der Waals surface area contributed by atoms with Crippen LogP contribution in [0, 0.1) is 5.41 Å². The van der Waals surface area contributed by atoms with Crippen molar-refractivity contribution in [3.8, 4) is 0 Å². The fourth-order valence-electron chi connectivity index (χ4n) is 2.62. The van der Waals surface area contributed by atoms with Gasteiger partial charge < -0.3 is 15.0 Å². The molecule has 0 atom stereocenters. The Morgan fingerprint density at radius 2 is 2.22 bits per heavy atom. The Labute approximate surface area is 116 Å². The zero-order chi connectivity index (χ0) is 13.2. The number of hydrogen-bond donors (Lipinski definition) is 2. The van der Waals surface area contributed by atoms with E-state index in [0.717, 1.165) is 30.2 Å².